The Bertz CT molecular complexity index is 252. The van der Waals surface area contributed by atoms with Crippen molar-refractivity contribution >= 4 is 23.1 Å². The molecule has 0 N–H and O–H groups in total. The van der Waals surface area contributed by atoms with Crippen molar-refractivity contribution in [3.63, 3.8) is 0 Å². The lowest BCUT2D eigenvalue weighted by molar-refractivity contribution is -0.131. The third-order valence-electron chi connectivity index (χ3n) is 1.42. The number of rotatable bonds is 8. The predicted octanol–water partition coefficient (Wildman–Crippen LogP) is 0.0994. The van der Waals surface area contributed by atoms with Crippen LogP contribution < -0.4 is 0 Å². The third-order valence-corrected chi connectivity index (χ3v) is 1.42. The molecule has 0 unspecified atom stereocenters. The zero-order valence-electron chi connectivity index (χ0n) is 8.87. The number of ether oxygens (including phenoxy) is 1. The molecule has 0 aliphatic rings. The van der Waals surface area contributed by atoms with E-state index in [0.717, 1.165) is 0 Å². The molecular weight excluding hydrogens is 200 g/mol. The van der Waals surface area contributed by atoms with Crippen LogP contribution in [-0.2, 0) is 23.9 Å². The fourth-order valence-electron chi connectivity index (χ4n) is 0.936. The van der Waals surface area contributed by atoms with Gasteiger partial charge in [0, 0.05) is 0 Å². The summed E-state index contributed by atoms with van der Waals surface area (Å²) in [5.41, 5.74) is 0. The number of carbonyl (C=O) groups excluding carboxylic acids is 4. The maximum Gasteiger partial charge on any atom is 0.165 e. The van der Waals surface area contributed by atoms with Gasteiger partial charge in [-0.1, -0.05) is 0 Å². The van der Waals surface area contributed by atoms with Crippen LogP contribution in [0.1, 0.15) is 26.7 Å². The van der Waals surface area contributed by atoms with Crippen LogP contribution in [-0.4, -0.2) is 36.3 Å². The highest BCUT2D eigenvalue weighted by molar-refractivity contribution is 5.99. The molecule has 84 valence electrons. The second-order valence-electron chi connectivity index (χ2n) is 3.33. The molecule has 0 spiro atoms. The van der Waals surface area contributed by atoms with E-state index in [1.165, 1.54) is 13.8 Å². The molecule has 15 heavy (non-hydrogen) atoms. The average molecular weight is 214 g/mol. The first-order valence-corrected chi connectivity index (χ1v) is 4.52. The van der Waals surface area contributed by atoms with E-state index in [1.807, 2.05) is 0 Å². The largest absolute Gasteiger partial charge is 0.366 e. The van der Waals surface area contributed by atoms with Crippen molar-refractivity contribution in [2.24, 2.45) is 0 Å². The topological polar surface area (TPSA) is 77.5 Å². The predicted molar refractivity (Wildman–Crippen MR) is 51.4 cm³/mol. The second kappa shape index (κ2) is 7.00. The molecule has 0 amide bonds. The van der Waals surface area contributed by atoms with Gasteiger partial charge in [0.15, 0.2) is 11.6 Å². The summed E-state index contributed by atoms with van der Waals surface area (Å²) in [6.45, 7) is 2.09. The summed E-state index contributed by atoms with van der Waals surface area (Å²) in [5.74, 6) is -1.20. The smallest absolute Gasteiger partial charge is 0.165 e. The number of Topliss-reactive ketones (excluding diaryl/α,β-unsaturated/α-hetero) is 4. The zero-order valence-corrected chi connectivity index (χ0v) is 8.87. The maximum atomic E-state index is 10.9. The molecule has 0 fully saturated rings. The lowest BCUT2D eigenvalue weighted by Crippen LogP contribution is -2.17. The van der Waals surface area contributed by atoms with Gasteiger partial charge in [-0.15, -0.1) is 0 Å². The van der Waals surface area contributed by atoms with Gasteiger partial charge >= 0.3 is 0 Å². The van der Waals surface area contributed by atoms with Crippen molar-refractivity contribution in [3.8, 4) is 0 Å². The van der Waals surface area contributed by atoms with Gasteiger partial charge in [0.2, 0.25) is 0 Å². The van der Waals surface area contributed by atoms with Gasteiger partial charge < -0.3 is 4.74 Å². The van der Waals surface area contributed by atoms with Crippen LogP contribution >= 0.6 is 0 Å². The lowest BCUT2D eigenvalue weighted by atomic mass is 10.2. The molecule has 0 atom stereocenters. The fourth-order valence-corrected chi connectivity index (χ4v) is 0.936. The van der Waals surface area contributed by atoms with Crippen molar-refractivity contribution in [3.05, 3.63) is 0 Å². The second-order valence-corrected chi connectivity index (χ2v) is 3.33. The van der Waals surface area contributed by atoms with E-state index < -0.39 is 0 Å². The molecule has 0 aliphatic heterocycles. The average Bonchev–Trinajstić information content (AvgIpc) is 2.00. The molecule has 0 saturated heterocycles. The maximum absolute atomic E-state index is 10.9. The van der Waals surface area contributed by atoms with Gasteiger partial charge in [0.1, 0.15) is 24.8 Å². The molecule has 0 radical (unpaired) electrons. The summed E-state index contributed by atoms with van der Waals surface area (Å²) in [4.78, 5) is 42.9. The van der Waals surface area contributed by atoms with E-state index in [9.17, 15) is 19.2 Å². The van der Waals surface area contributed by atoms with E-state index in [0.29, 0.717) is 0 Å². The Morgan fingerprint density at radius 1 is 0.800 bits per heavy atom. The van der Waals surface area contributed by atoms with Crippen molar-refractivity contribution < 1.29 is 23.9 Å². The standard InChI is InChI=1S/C10H14O5/c1-7(11)3-9(13)5-15-6-10(14)4-8(2)12/h3-6H2,1-2H3. The first kappa shape index (κ1) is 13.6. The Hall–Kier alpha value is -1.36. The van der Waals surface area contributed by atoms with E-state index in [4.69, 9.17) is 4.74 Å². The van der Waals surface area contributed by atoms with Crippen LogP contribution in [0.5, 0.6) is 0 Å². The van der Waals surface area contributed by atoms with Gasteiger partial charge in [-0.3, -0.25) is 19.2 Å². The molecule has 0 aromatic carbocycles. The Balaban J connectivity index is 3.61. The van der Waals surface area contributed by atoms with Gasteiger partial charge in [-0.05, 0) is 13.8 Å². The minimum Gasteiger partial charge on any atom is -0.366 e. The van der Waals surface area contributed by atoms with Crippen molar-refractivity contribution in [2.75, 3.05) is 13.2 Å². The fraction of sp³-hybridized carbons (Fsp3) is 0.600. The summed E-state index contributed by atoms with van der Waals surface area (Å²) in [5, 5.41) is 0. The van der Waals surface area contributed by atoms with Gasteiger partial charge in [0.25, 0.3) is 0 Å². The van der Waals surface area contributed by atoms with Crippen LogP contribution in [0, 0.1) is 0 Å². The first-order chi connectivity index (χ1) is 6.91. The SMILES string of the molecule is CC(=O)CC(=O)COCC(=O)CC(C)=O. The van der Waals surface area contributed by atoms with Crippen LogP contribution in [0.25, 0.3) is 0 Å². The highest BCUT2D eigenvalue weighted by atomic mass is 16.5. The lowest BCUT2D eigenvalue weighted by Gasteiger charge is -2.00. The normalized spacial score (nSPS) is 9.73. The van der Waals surface area contributed by atoms with E-state index in [-0.39, 0.29) is 49.2 Å². The molecule has 0 aromatic heterocycles. The molecule has 0 aliphatic carbocycles. The van der Waals surface area contributed by atoms with Crippen LogP contribution in [0.15, 0.2) is 0 Å². The van der Waals surface area contributed by atoms with E-state index >= 15 is 0 Å². The number of hydrogen-bond acceptors (Lipinski definition) is 5. The van der Waals surface area contributed by atoms with Crippen molar-refractivity contribution in [1.82, 2.24) is 0 Å². The van der Waals surface area contributed by atoms with Crippen molar-refractivity contribution in [2.45, 2.75) is 26.7 Å². The molecular formula is C10H14O5. The van der Waals surface area contributed by atoms with Crippen LogP contribution in [0.3, 0.4) is 0 Å². The van der Waals surface area contributed by atoms with Crippen molar-refractivity contribution in [1.29, 1.82) is 0 Å². The number of ketones is 4. The number of hydrogen-bond donors (Lipinski definition) is 0. The van der Waals surface area contributed by atoms with Gasteiger partial charge in [-0.25, -0.2) is 0 Å². The Kier molecular flexibility index (Phi) is 6.37. The van der Waals surface area contributed by atoms with Gasteiger partial charge in [0.05, 0.1) is 12.8 Å². The zero-order chi connectivity index (χ0) is 11.8. The molecule has 0 bridgehead atoms. The monoisotopic (exact) mass is 214 g/mol. The first-order valence-electron chi connectivity index (χ1n) is 4.52. The molecule has 0 heterocycles. The van der Waals surface area contributed by atoms with E-state index in [1.54, 1.807) is 0 Å². The van der Waals surface area contributed by atoms with Crippen LogP contribution in [0.4, 0.5) is 0 Å². The van der Waals surface area contributed by atoms with Gasteiger partial charge in [-0.2, -0.15) is 0 Å². The highest BCUT2D eigenvalue weighted by Gasteiger charge is 2.08. The summed E-state index contributed by atoms with van der Waals surface area (Å²) in [6, 6.07) is 0. The van der Waals surface area contributed by atoms with Crippen LogP contribution in [0.2, 0.25) is 0 Å². The highest BCUT2D eigenvalue weighted by Crippen LogP contribution is 1.90. The third kappa shape index (κ3) is 8.96. The Morgan fingerprint density at radius 3 is 1.40 bits per heavy atom. The summed E-state index contributed by atoms with van der Waals surface area (Å²) < 4.78 is 4.76. The quantitative estimate of drug-likeness (QED) is 0.535. The van der Waals surface area contributed by atoms with E-state index in [2.05, 4.69) is 0 Å². The summed E-state index contributed by atoms with van der Waals surface area (Å²) in [6.07, 6.45) is -0.359. The Labute approximate surface area is 87.8 Å². The summed E-state index contributed by atoms with van der Waals surface area (Å²) >= 11 is 0. The number of carbonyl (C=O) groups is 4. The molecule has 0 aromatic rings. The summed E-state index contributed by atoms with van der Waals surface area (Å²) in [7, 11) is 0. The minimum absolute atomic E-state index is 0.180. The molecule has 0 rings (SSSR count). The Morgan fingerprint density at radius 2 is 1.13 bits per heavy atom. The molecule has 5 nitrogen and oxygen atoms in total. The molecule has 0 saturated carbocycles. The molecule has 5 heteroatoms. The minimum atomic E-state index is -0.363.